The minimum Gasteiger partial charge on any atom is -0.377 e. The number of anilines is 6. The monoisotopic (exact) mass is 1900 g/mol. The molecule has 0 radical (unpaired) electrons. The third-order valence-corrected chi connectivity index (χ3v) is 31.4. The first kappa shape index (κ1) is 93.7. The molecule has 25 nitrogen and oxygen atoms in total. The number of likely N-dealkylation sites (N-methyl/N-ethyl adjacent to an activating group) is 1. The zero-order chi connectivity index (χ0) is 96.4. The van der Waals surface area contributed by atoms with E-state index in [-0.39, 0.29) is 34.7 Å². The number of piperidine rings is 1. The summed E-state index contributed by atoms with van der Waals surface area (Å²) in [4.78, 5) is 127. The van der Waals surface area contributed by atoms with Crippen LogP contribution in [0.25, 0.3) is 67.5 Å². The molecule has 6 aliphatic carbocycles. The molecule has 0 spiro atoms. The van der Waals surface area contributed by atoms with Crippen molar-refractivity contribution in [3.05, 3.63) is 285 Å². The van der Waals surface area contributed by atoms with Gasteiger partial charge in [0.1, 0.15) is 34.9 Å². The van der Waals surface area contributed by atoms with Crippen LogP contribution in [-0.2, 0) is 43.3 Å². The normalized spacial score (nSPS) is 20.4. The molecule has 726 valence electrons. The van der Waals surface area contributed by atoms with Gasteiger partial charge in [0, 0.05) is 274 Å². The number of nitrogens with zero attached hydrogens (tertiary/aromatic N) is 16. The van der Waals surface area contributed by atoms with E-state index in [2.05, 4.69) is 147 Å². The number of nitrogens with one attached hydrogen (secondary N) is 2. The van der Waals surface area contributed by atoms with E-state index in [9.17, 15) is 28.8 Å². The van der Waals surface area contributed by atoms with Crippen LogP contribution in [0.4, 0.5) is 34.9 Å². The number of pyridine rings is 6. The Morgan fingerprint density at radius 3 is 0.951 bits per heavy atom. The van der Waals surface area contributed by atoms with Crippen LogP contribution in [0.15, 0.2) is 218 Å². The Bertz CT molecular complexity index is 6750. The number of benzene rings is 6. The van der Waals surface area contributed by atoms with E-state index >= 15 is 0 Å². The molecule has 25 heteroatoms. The highest BCUT2D eigenvalue weighted by atomic mass is 16.5. The second-order valence-corrected chi connectivity index (χ2v) is 40.6. The molecule has 9 saturated heterocycles. The fourth-order valence-corrected chi connectivity index (χ4v) is 23.4. The maximum Gasteiger partial charge on any atom is 0.167 e. The summed E-state index contributed by atoms with van der Waals surface area (Å²) in [6, 6.07) is 74.5. The lowest BCUT2D eigenvalue weighted by molar-refractivity contribution is 0.0712. The summed E-state index contributed by atoms with van der Waals surface area (Å²) in [6.45, 7) is 29.6. The Labute approximate surface area is 832 Å². The fourth-order valence-electron chi connectivity index (χ4n) is 23.4. The molecule has 2 N–H and O–H groups in total. The standard InChI is InChI=1S/C22H25N3O2.C22H25N3O.C20H23N3O.C18H17N3O.C18H19N3O.C17H17N3O/c26-20-14-16-7-8-21(23-22(16)19-6-2-1-5-18(19)20)25-11-9-24(10-12-25)15-17-4-3-13-27-17;26-20-15-16-7-8-21(23-22(16)19-6-2-1-5-18(19)20)25-13-9-17(10-14-25)24-11-3-4-12-24;1-14(2)22-9-11-23(12-10-22)19-8-7-15-13-18(24)16-5-3-4-6-17(16)20(15)21-19;22-16-7-11-5-6-17(21-10-12-8-13(21)9-19-12)20-18(11)15-4-2-1-3-14(15)16;1-20-8-10-21(11-9-20)17-7-6-13-12-16(22)14-4-2-3-5-15(14)18(13)19-17;21-15-11-12-5-6-16(20-9-7-18-8-10-20)19-17(12)14-4-2-1-3-13(14)15/h1-2,5-8,17H,3-4,9-15H2;1-2,5-8,17H,3-4,9-15H2;3-8,14H,9-13H2,1-2H3;1-6,12-13,19H,7-10H2;2-7H,8-12H2,1H3;1-6,18H,7-11H2/t;;;12-,13-;;/m...0../s1. The summed E-state index contributed by atoms with van der Waals surface area (Å²) in [5.74, 6) is 7.37. The average Bonchev–Trinajstić information content (AvgIpc) is 1.59. The van der Waals surface area contributed by atoms with Crippen LogP contribution in [-0.4, -0.2) is 279 Å². The maximum absolute atomic E-state index is 12.4. The molecule has 12 aromatic rings. The summed E-state index contributed by atoms with van der Waals surface area (Å²) < 4.78 is 5.78. The number of ether oxygens (including phenoxy) is 1. The Balaban J connectivity index is 0.0000000978. The van der Waals surface area contributed by atoms with Gasteiger partial charge in [0.05, 0.1) is 40.3 Å². The highest BCUT2D eigenvalue weighted by molar-refractivity contribution is 6.11. The molecule has 6 aromatic heterocycles. The molecule has 15 aliphatic rings. The van der Waals surface area contributed by atoms with Crippen molar-refractivity contribution in [2.75, 3.05) is 194 Å². The van der Waals surface area contributed by atoms with Crippen molar-refractivity contribution in [3.8, 4) is 67.5 Å². The number of fused-ring (bicyclic) bond motifs is 20. The van der Waals surface area contributed by atoms with Gasteiger partial charge in [0.15, 0.2) is 34.7 Å². The number of Topliss-reactive ketones (excluding diaryl/α,β-unsaturated/α-hetero) is 6. The van der Waals surface area contributed by atoms with Gasteiger partial charge in [0.2, 0.25) is 0 Å². The van der Waals surface area contributed by atoms with Crippen LogP contribution in [0.3, 0.4) is 0 Å². The molecule has 27 rings (SSSR count). The second kappa shape index (κ2) is 41.7. The zero-order valence-corrected chi connectivity index (χ0v) is 81.8. The van der Waals surface area contributed by atoms with Gasteiger partial charge in [-0.2, -0.15) is 0 Å². The van der Waals surface area contributed by atoms with Gasteiger partial charge in [-0.15, -0.1) is 0 Å². The predicted molar refractivity (Wildman–Crippen MR) is 561 cm³/mol. The summed E-state index contributed by atoms with van der Waals surface area (Å²) in [5.41, 5.74) is 22.9. The van der Waals surface area contributed by atoms with Crippen molar-refractivity contribution < 1.29 is 33.5 Å². The van der Waals surface area contributed by atoms with E-state index in [1.165, 1.54) is 58.0 Å². The molecule has 142 heavy (non-hydrogen) atoms. The molecule has 9 aliphatic heterocycles. The number of carbonyl (C=O) groups is 6. The van der Waals surface area contributed by atoms with E-state index in [4.69, 9.17) is 34.6 Å². The molecular formula is C117H126N18O7. The summed E-state index contributed by atoms with van der Waals surface area (Å²) in [6.07, 6.45) is 12.0. The number of aromatic nitrogens is 6. The number of likely N-dealkylation sites (tertiary alicyclic amines) is 1. The summed E-state index contributed by atoms with van der Waals surface area (Å²) in [7, 11) is 2.15. The van der Waals surface area contributed by atoms with Crippen LogP contribution < -0.4 is 40.0 Å². The first-order chi connectivity index (χ1) is 69.5. The highest BCUT2D eigenvalue weighted by Gasteiger charge is 2.40. The smallest absolute Gasteiger partial charge is 0.167 e. The quantitative estimate of drug-likeness (QED) is 0.129. The molecule has 9 fully saturated rings. The molecule has 6 aromatic carbocycles. The first-order valence-electron chi connectivity index (χ1n) is 51.8. The average molecular weight is 1900 g/mol. The Morgan fingerprint density at radius 2 is 0.634 bits per heavy atom. The van der Waals surface area contributed by atoms with E-state index in [1.807, 2.05) is 152 Å². The maximum atomic E-state index is 12.4. The molecule has 3 atom stereocenters. The molecule has 15 heterocycles. The summed E-state index contributed by atoms with van der Waals surface area (Å²) in [5, 5.41) is 6.88. The van der Waals surface area contributed by atoms with Crippen molar-refractivity contribution >= 4 is 69.6 Å². The van der Waals surface area contributed by atoms with E-state index in [0.717, 1.165) is 319 Å². The molecule has 2 bridgehead atoms. The van der Waals surface area contributed by atoms with Crippen LogP contribution in [0, 0.1) is 0 Å². The molecule has 0 amide bonds. The third-order valence-electron chi connectivity index (χ3n) is 31.4. The van der Waals surface area contributed by atoms with Gasteiger partial charge in [-0.05, 0) is 149 Å². The molecule has 1 unspecified atom stereocenters. The number of rotatable bonds is 10. The number of ketones is 6. The highest BCUT2D eigenvalue weighted by Crippen LogP contribution is 2.43. The molecule has 0 saturated carbocycles. The van der Waals surface area contributed by atoms with E-state index < -0.39 is 0 Å². The minimum atomic E-state index is 0.190. The topological polar surface area (TPSA) is 245 Å². The van der Waals surface area contributed by atoms with Gasteiger partial charge in [-0.25, -0.2) is 29.9 Å². The van der Waals surface area contributed by atoms with Gasteiger partial charge < -0.3 is 54.6 Å². The van der Waals surface area contributed by atoms with Crippen LogP contribution in [0.1, 0.15) is 154 Å². The van der Waals surface area contributed by atoms with Gasteiger partial charge in [0.25, 0.3) is 0 Å². The van der Waals surface area contributed by atoms with Crippen molar-refractivity contribution in [1.82, 2.24) is 60.1 Å². The Hall–Kier alpha value is -13.2. The van der Waals surface area contributed by atoms with E-state index in [1.54, 1.807) is 0 Å². The van der Waals surface area contributed by atoms with Crippen molar-refractivity contribution in [2.24, 2.45) is 0 Å². The van der Waals surface area contributed by atoms with Crippen LogP contribution >= 0.6 is 0 Å². The van der Waals surface area contributed by atoms with Crippen LogP contribution in [0.2, 0.25) is 0 Å². The minimum absolute atomic E-state index is 0.190. The second-order valence-electron chi connectivity index (χ2n) is 40.6. The van der Waals surface area contributed by atoms with Crippen molar-refractivity contribution in [2.45, 2.75) is 128 Å². The first-order valence-corrected chi connectivity index (χ1v) is 51.8. The lowest BCUT2D eigenvalue weighted by atomic mass is 9.88. The Morgan fingerprint density at radius 1 is 0.324 bits per heavy atom. The Kier molecular flexibility index (Phi) is 27.5. The largest absolute Gasteiger partial charge is 0.377 e. The van der Waals surface area contributed by atoms with Crippen molar-refractivity contribution in [3.63, 3.8) is 0 Å². The molecular weight excluding hydrogens is 1770 g/mol. The SMILES string of the molecule is CC(C)N1CCN(c2ccc3c(n2)-c2ccccc2C(=O)C3)CC1.CN1CCN(c2ccc3c(n2)-c2ccccc2C(=O)C3)CC1.O=C1Cc2ccc(N3CCC(N4CCCC4)CC3)nc2-c2ccccc21.O=C1Cc2ccc(N3CCN(CC4CCCO4)CC3)nc2-c2ccccc21.O=C1Cc2ccc(N3CCNCC3)nc2-c2ccccc21.O=C1Cc2ccc(N3C[C@@H]4C[C@H]3CN4)nc2-c2ccccc21. The van der Waals surface area contributed by atoms with E-state index in [0.29, 0.717) is 62.8 Å². The number of piperazine rings is 5. The number of hydrogen-bond acceptors (Lipinski definition) is 25. The fraction of sp³-hybridized carbons (Fsp3) is 0.385. The summed E-state index contributed by atoms with van der Waals surface area (Å²) >= 11 is 0. The predicted octanol–water partition coefficient (Wildman–Crippen LogP) is 15.5. The number of hydrogen-bond donors (Lipinski definition) is 2. The lowest BCUT2D eigenvalue weighted by Gasteiger charge is -2.37. The third kappa shape index (κ3) is 19.9. The van der Waals surface area contributed by atoms with Gasteiger partial charge >= 0.3 is 0 Å². The zero-order valence-electron chi connectivity index (χ0n) is 81.8. The van der Waals surface area contributed by atoms with Gasteiger partial charge in [-0.3, -0.25) is 38.6 Å². The number of carbonyl (C=O) groups excluding carboxylic acids is 6. The lowest BCUT2D eigenvalue weighted by Crippen LogP contribution is -2.49. The van der Waals surface area contributed by atoms with Crippen molar-refractivity contribution in [1.29, 1.82) is 0 Å². The van der Waals surface area contributed by atoms with Crippen LogP contribution in [0.5, 0.6) is 0 Å². The van der Waals surface area contributed by atoms with Gasteiger partial charge in [-0.1, -0.05) is 182 Å².